The van der Waals surface area contributed by atoms with Gasteiger partial charge in [0.15, 0.2) is 11.5 Å². The molecule has 0 fully saturated rings. The summed E-state index contributed by atoms with van der Waals surface area (Å²) >= 11 is 0. The molecule has 0 atom stereocenters. The van der Waals surface area contributed by atoms with Crippen LogP contribution in [0.25, 0.3) is 0 Å². The summed E-state index contributed by atoms with van der Waals surface area (Å²) in [7, 11) is -0.619. The zero-order chi connectivity index (χ0) is 18.9. The molecule has 1 aromatic carbocycles. The smallest absolute Gasteiger partial charge is 0.270 e. The lowest BCUT2D eigenvalue weighted by Crippen LogP contribution is -2.31. The molecule has 0 aliphatic carbocycles. The first kappa shape index (κ1) is 18.3. The van der Waals surface area contributed by atoms with Crippen molar-refractivity contribution in [1.82, 2.24) is 14.2 Å². The van der Waals surface area contributed by atoms with Crippen LogP contribution < -0.4 is 14.2 Å². The van der Waals surface area contributed by atoms with Crippen LogP contribution in [0.15, 0.2) is 35.4 Å². The molecular formula is C17H21N3O5S. The number of amides is 1. The van der Waals surface area contributed by atoms with Gasteiger partial charge in [0.05, 0.1) is 0 Å². The monoisotopic (exact) mass is 379 g/mol. The fourth-order valence-electron chi connectivity index (χ4n) is 2.76. The van der Waals surface area contributed by atoms with Crippen molar-refractivity contribution in [2.75, 3.05) is 20.4 Å². The van der Waals surface area contributed by atoms with Gasteiger partial charge < -0.3 is 18.9 Å². The first-order valence-electron chi connectivity index (χ1n) is 8.13. The molecule has 26 heavy (non-hydrogen) atoms. The maximum absolute atomic E-state index is 12.9. The zero-order valence-electron chi connectivity index (χ0n) is 14.9. The molecule has 0 spiro atoms. The van der Waals surface area contributed by atoms with Crippen LogP contribution in [-0.2, 0) is 23.6 Å². The molecule has 8 nitrogen and oxygen atoms in total. The highest BCUT2D eigenvalue weighted by Crippen LogP contribution is 2.32. The van der Waals surface area contributed by atoms with Crippen molar-refractivity contribution >= 4 is 15.9 Å². The topological polar surface area (TPSA) is 89.9 Å². The second-order valence-electron chi connectivity index (χ2n) is 5.89. The summed E-state index contributed by atoms with van der Waals surface area (Å²) in [6, 6.07) is 6.93. The summed E-state index contributed by atoms with van der Waals surface area (Å²) in [5.41, 5.74) is 1.21. The normalized spacial score (nSPS) is 13.0. The van der Waals surface area contributed by atoms with Crippen LogP contribution in [0.2, 0.25) is 0 Å². The number of aryl methyl sites for hydroxylation is 1. The highest BCUT2D eigenvalue weighted by molar-refractivity contribution is 7.89. The van der Waals surface area contributed by atoms with Crippen LogP contribution in [0, 0.1) is 0 Å². The van der Waals surface area contributed by atoms with Crippen molar-refractivity contribution in [1.29, 1.82) is 0 Å². The van der Waals surface area contributed by atoms with Gasteiger partial charge in [0, 0.05) is 26.3 Å². The van der Waals surface area contributed by atoms with Gasteiger partial charge in [-0.25, -0.2) is 13.1 Å². The Kier molecular flexibility index (Phi) is 4.92. The minimum atomic E-state index is -3.60. The number of hydrogen-bond acceptors (Lipinski definition) is 5. The number of aromatic nitrogens is 1. The lowest BCUT2D eigenvalue weighted by molar-refractivity contribution is 0.0742. The minimum Gasteiger partial charge on any atom is -0.454 e. The van der Waals surface area contributed by atoms with Gasteiger partial charge in [-0.1, -0.05) is 6.07 Å². The number of nitrogens with one attached hydrogen (secondary N) is 1. The van der Waals surface area contributed by atoms with E-state index in [4.69, 9.17) is 9.47 Å². The van der Waals surface area contributed by atoms with Crippen molar-refractivity contribution < 1.29 is 22.7 Å². The predicted octanol–water partition coefficient (Wildman–Crippen LogP) is 1.32. The van der Waals surface area contributed by atoms with Gasteiger partial charge in [-0.3, -0.25) is 4.79 Å². The van der Waals surface area contributed by atoms with Crippen LogP contribution >= 0.6 is 0 Å². The average molecular weight is 379 g/mol. The standard InChI is InChI=1S/C17H21N3O5S/c1-4-20(9-12-5-6-15-16(7-12)25-11-24-15)17(21)14-8-13(10-19(14)3)26(22,23)18-2/h5-8,10,18H,4,9,11H2,1-3H3. The largest absolute Gasteiger partial charge is 0.454 e. The molecule has 2 aromatic rings. The van der Waals surface area contributed by atoms with E-state index in [1.807, 2.05) is 25.1 Å². The van der Waals surface area contributed by atoms with Crippen LogP contribution in [0.1, 0.15) is 23.0 Å². The number of nitrogens with zero attached hydrogens (tertiary/aromatic N) is 2. The number of rotatable bonds is 6. The Labute approximate surface area is 152 Å². The first-order chi connectivity index (χ1) is 12.4. The number of benzene rings is 1. The van der Waals surface area contributed by atoms with E-state index in [2.05, 4.69) is 4.72 Å². The van der Waals surface area contributed by atoms with E-state index < -0.39 is 10.0 Å². The van der Waals surface area contributed by atoms with Crippen LogP contribution in [0.5, 0.6) is 11.5 Å². The molecule has 1 aromatic heterocycles. The fourth-order valence-corrected chi connectivity index (χ4v) is 3.56. The van der Waals surface area contributed by atoms with Crippen LogP contribution in [0.3, 0.4) is 0 Å². The first-order valence-corrected chi connectivity index (χ1v) is 9.61. The number of carbonyl (C=O) groups is 1. The Morgan fingerprint density at radius 1 is 1.27 bits per heavy atom. The molecule has 0 saturated carbocycles. The van der Waals surface area contributed by atoms with Crippen molar-refractivity contribution in [3.05, 3.63) is 41.7 Å². The molecule has 2 heterocycles. The molecule has 3 rings (SSSR count). The highest BCUT2D eigenvalue weighted by Gasteiger charge is 2.23. The van der Waals surface area contributed by atoms with Gasteiger partial charge >= 0.3 is 0 Å². The quantitative estimate of drug-likeness (QED) is 0.818. The number of sulfonamides is 1. The molecule has 0 bridgehead atoms. The molecule has 1 aliphatic rings. The van der Waals surface area contributed by atoms with E-state index in [9.17, 15) is 13.2 Å². The van der Waals surface area contributed by atoms with E-state index in [-0.39, 0.29) is 17.6 Å². The Morgan fingerprint density at radius 2 is 2.00 bits per heavy atom. The van der Waals surface area contributed by atoms with Gasteiger partial charge in [-0.15, -0.1) is 0 Å². The lowest BCUT2D eigenvalue weighted by Gasteiger charge is -2.21. The molecule has 0 saturated heterocycles. The van der Waals surface area contributed by atoms with Crippen molar-refractivity contribution in [2.24, 2.45) is 7.05 Å². The van der Waals surface area contributed by atoms with Crippen molar-refractivity contribution in [3.63, 3.8) is 0 Å². The zero-order valence-corrected chi connectivity index (χ0v) is 15.7. The Hall–Kier alpha value is -2.52. The third kappa shape index (κ3) is 3.40. The van der Waals surface area contributed by atoms with Crippen molar-refractivity contribution in [2.45, 2.75) is 18.4 Å². The average Bonchev–Trinajstić information content (AvgIpc) is 3.25. The maximum Gasteiger partial charge on any atom is 0.270 e. The maximum atomic E-state index is 12.9. The van der Waals surface area contributed by atoms with E-state index in [0.717, 1.165) is 5.56 Å². The molecule has 140 valence electrons. The van der Waals surface area contributed by atoms with Gasteiger partial charge in [0.1, 0.15) is 10.6 Å². The third-order valence-corrected chi connectivity index (χ3v) is 5.64. The third-order valence-electron chi connectivity index (χ3n) is 4.26. The molecule has 1 amide bonds. The van der Waals surface area contributed by atoms with E-state index >= 15 is 0 Å². The van der Waals surface area contributed by atoms with Gasteiger partial charge in [-0.2, -0.15) is 0 Å². The summed E-state index contributed by atoms with van der Waals surface area (Å²) in [4.78, 5) is 14.6. The number of fused-ring (bicyclic) bond motifs is 1. The Balaban J connectivity index is 1.83. The number of ether oxygens (including phenoxy) is 2. The Bertz CT molecular complexity index is 936. The second-order valence-corrected chi connectivity index (χ2v) is 7.77. The summed E-state index contributed by atoms with van der Waals surface area (Å²) in [6.45, 7) is 2.93. The van der Waals surface area contributed by atoms with Crippen LogP contribution in [-0.4, -0.2) is 44.2 Å². The lowest BCUT2D eigenvalue weighted by atomic mass is 10.2. The van der Waals surface area contributed by atoms with E-state index in [1.165, 1.54) is 23.9 Å². The predicted molar refractivity (Wildman–Crippen MR) is 94.6 cm³/mol. The summed E-state index contributed by atoms with van der Waals surface area (Å²) < 4.78 is 38.3. The van der Waals surface area contributed by atoms with Crippen LogP contribution in [0.4, 0.5) is 0 Å². The van der Waals surface area contributed by atoms with Crippen molar-refractivity contribution in [3.8, 4) is 11.5 Å². The SMILES string of the molecule is CCN(Cc1ccc2c(c1)OCO2)C(=O)c1cc(S(=O)(=O)NC)cn1C. The minimum absolute atomic E-state index is 0.0602. The van der Waals surface area contributed by atoms with Gasteiger partial charge in [0.25, 0.3) is 5.91 Å². The molecule has 9 heteroatoms. The highest BCUT2D eigenvalue weighted by atomic mass is 32.2. The number of carbonyl (C=O) groups excluding carboxylic acids is 1. The molecule has 1 N–H and O–H groups in total. The number of hydrogen-bond donors (Lipinski definition) is 1. The van der Waals surface area contributed by atoms with E-state index in [0.29, 0.717) is 30.3 Å². The summed E-state index contributed by atoms with van der Waals surface area (Å²) in [6.07, 6.45) is 1.42. The van der Waals surface area contributed by atoms with Gasteiger partial charge in [0.2, 0.25) is 16.8 Å². The van der Waals surface area contributed by atoms with E-state index in [1.54, 1.807) is 11.9 Å². The molecular weight excluding hydrogens is 358 g/mol. The fraction of sp³-hybridized carbons (Fsp3) is 0.353. The second kappa shape index (κ2) is 7.00. The summed E-state index contributed by atoms with van der Waals surface area (Å²) in [5.74, 6) is 1.10. The molecule has 0 unspecified atom stereocenters. The van der Waals surface area contributed by atoms with Gasteiger partial charge in [-0.05, 0) is 37.7 Å². The molecule has 0 radical (unpaired) electrons. The molecule has 1 aliphatic heterocycles. The summed E-state index contributed by atoms with van der Waals surface area (Å²) in [5, 5.41) is 0. The Morgan fingerprint density at radius 3 is 2.69 bits per heavy atom.